The normalized spacial score (nSPS) is 14.4. The van der Waals surface area contributed by atoms with Gasteiger partial charge < -0.3 is 15.0 Å². The van der Waals surface area contributed by atoms with E-state index in [4.69, 9.17) is 4.74 Å². The minimum Gasteiger partial charge on any atom is -0.462 e. The van der Waals surface area contributed by atoms with Crippen LogP contribution in [0.2, 0.25) is 0 Å². The van der Waals surface area contributed by atoms with Gasteiger partial charge in [0.25, 0.3) is 5.69 Å². The zero-order valence-electron chi connectivity index (χ0n) is 16.9. The molecule has 1 saturated heterocycles. The second-order valence-electron chi connectivity index (χ2n) is 6.84. The van der Waals surface area contributed by atoms with Gasteiger partial charge in [-0.2, -0.15) is 5.10 Å². The molecule has 1 amide bonds. The summed E-state index contributed by atoms with van der Waals surface area (Å²) in [5.41, 5.74) is 1.20. The zero-order valence-corrected chi connectivity index (χ0v) is 16.9. The number of anilines is 2. The van der Waals surface area contributed by atoms with E-state index in [9.17, 15) is 19.7 Å². The highest BCUT2D eigenvalue weighted by atomic mass is 16.6. The van der Waals surface area contributed by atoms with Gasteiger partial charge in [0.05, 0.1) is 24.3 Å². The number of hydrogen-bond acceptors (Lipinski definition) is 8. The molecule has 30 heavy (non-hydrogen) atoms. The molecule has 1 aromatic carbocycles. The van der Waals surface area contributed by atoms with Crippen LogP contribution < -0.4 is 10.2 Å². The van der Waals surface area contributed by atoms with Crippen molar-refractivity contribution in [1.29, 1.82) is 0 Å². The van der Waals surface area contributed by atoms with E-state index in [1.165, 1.54) is 23.0 Å². The van der Waals surface area contributed by atoms with Gasteiger partial charge in [-0.05, 0) is 19.1 Å². The fraction of sp³-hybridized carbons (Fsp3) is 0.421. The Bertz CT molecular complexity index is 918. The summed E-state index contributed by atoms with van der Waals surface area (Å²) in [6.07, 6.45) is 1.37. The lowest BCUT2D eigenvalue weighted by atomic mass is 10.2. The van der Waals surface area contributed by atoms with E-state index in [1.807, 2.05) is 4.90 Å². The zero-order chi connectivity index (χ0) is 21.7. The average Bonchev–Trinajstić information content (AvgIpc) is 3.09. The highest BCUT2D eigenvalue weighted by Crippen LogP contribution is 2.21. The number of amides is 1. The Hall–Kier alpha value is -3.47. The third kappa shape index (κ3) is 4.92. The van der Waals surface area contributed by atoms with Crippen molar-refractivity contribution >= 4 is 29.1 Å². The van der Waals surface area contributed by atoms with Gasteiger partial charge in [-0.3, -0.25) is 24.5 Å². The van der Waals surface area contributed by atoms with Crippen molar-refractivity contribution in [3.8, 4) is 0 Å². The fourth-order valence-corrected chi connectivity index (χ4v) is 3.27. The van der Waals surface area contributed by atoms with Crippen LogP contribution in [0.15, 0.2) is 30.5 Å². The molecule has 0 bridgehead atoms. The minimum atomic E-state index is -0.530. The number of ether oxygens (including phenoxy) is 1. The van der Waals surface area contributed by atoms with Gasteiger partial charge in [-0.15, -0.1) is 0 Å². The lowest BCUT2D eigenvalue weighted by molar-refractivity contribution is -0.384. The SMILES string of the molecule is CCOC(=O)c1cnn(C)c1NC(=O)CN1CCN(c2ccc([N+](=O)[O-])cc2)CC1. The number of piperazine rings is 1. The van der Waals surface area contributed by atoms with E-state index in [0.29, 0.717) is 32.0 Å². The molecule has 1 aliphatic rings. The van der Waals surface area contributed by atoms with Crippen LogP contribution in [0.25, 0.3) is 0 Å². The number of carbonyl (C=O) groups is 2. The Balaban J connectivity index is 1.53. The van der Waals surface area contributed by atoms with Crippen molar-refractivity contribution in [2.24, 2.45) is 7.05 Å². The number of nitro benzene ring substituents is 1. The number of non-ortho nitro benzene ring substituents is 1. The topological polar surface area (TPSA) is 123 Å². The first-order valence-electron chi connectivity index (χ1n) is 9.59. The molecule has 0 aliphatic carbocycles. The summed E-state index contributed by atoms with van der Waals surface area (Å²) in [4.78, 5) is 39.0. The van der Waals surface area contributed by atoms with Crippen LogP contribution in [0.4, 0.5) is 17.2 Å². The summed E-state index contributed by atoms with van der Waals surface area (Å²) in [5.74, 6) is -0.464. The van der Waals surface area contributed by atoms with Crippen LogP contribution in [0.1, 0.15) is 17.3 Å². The summed E-state index contributed by atoms with van der Waals surface area (Å²) < 4.78 is 6.42. The molecule has 11 heteroatoms. The monoisotopic (exact) mass is 416 g/mol. The van der Waals surface area contributed by atoms with Gasteiger partial charge in [0, 0.05) is 51.0 Å². The van der Waals surface area contributed by atoms with Crippen LogP contribution in [0.5, 0.6) is 0 Å². The van der Waals surface area contributed by atoms with Gasteiger partial charge in [0.15, 0.2) is 0 Å². The molecular formula is C19H24N6O5. The summed E-state index contributed by atoms with van der Waals surface area (Å²) in [6, 6.07) is 6.45. The lowest BCUT2D eigenvalue weighted by Crippen LogP contribution is -2.48. The number of nitrogens with one attached hydrogen (secondary N) is 1. The maximum atomic E-state index is 12.5. The molecule has 1 aliphatic heterocycles. The van der Waals surface area contributed by atoms with Crippen LogP contribution in [-0.4, -0.2) is 70.8 Å². The number of hydrogen-bond donors (Lipinski definition) is 1. The van der Waals surface area contributed by atoms with E-state index in [0.717, 1.165) is 5.69 Å². The Morgan fingerprint density at radius 3 is 2.47 bits per heavy atom. The quantitative estimate of drug-likeness (QED) is 0.407. The molecule has 1 N–H and O–H groups in total. The van der Waals surface area contributed by atoms with Crippen molar-refractivity contribution in [2.75, 3.05) is 49.5 Å². The first-order valence-corrected chi connectivity index (χ1v) is 9.59. The molecule has 11 nitrogen and oxygen atoms in total. The van der Waals surface area contributed by atoms with Crippen molar-refractivity contribution in [1.82, 2.24) is 14.7 Å². The first kappa shape index (κ1) is 21.2. The molecule has 0 spiro atoms. The Morgan fingerprint density at radius 2 is 1.87 bits per heavy atom. The van der Waals surface area contributed by atoms with Crippen molar-refractivity contribution in [3.63, 3.8) is 0 Å². The highest BCUT2D eigenvalue weighted by Gasteiger charge is 2.23. The van der Waals surface area contributed by atoms with Gasteiger partial charge in [-0.1, -0.05) is 0 Å². The van der Waals surface area contributed by atoms with Crippen LogP contribution in [0.3, 0.4) is 0 Å². The van der Waals surface area contributed by atoms with Crippen molar-refractivity contribution in [2.45, 2.75) is 6.92 Å². The number of aromatic nitrogens is 2. The molecule has 0 atom stereocenters. The van der Waals surface area contributed by atoms with Crippen molar-refractivity contribution < 1.29 is 19.2 Å². The molecule has 1 fully saturated rings. The molecule has 160 valence electrons. The molecule has 2 heterocycles. The van der Waals surface area contributed by atoms with E-state index < -0.39 is 10.9 Å². The largest absolute Gasteiger partial charge is 0.462 e. The van der Waals surface area contributed by atoms with Crippen LogP contribution >= 0.6 is 0 Å². The van der Waals surface area contributed by atoms with Gasteiger partial charge in [-0.25, -0.2) is 4.79 Å². The number of benzene rings is 1. The number of esters is 1. The molecular weight excluding hydrogens is 392 g/mol. The molecule has 0 radical (unpaired) electrons. The minimum absolute atomic E-state index is 0.0615. The summed E-state index contributed by atoms with van der Waals surface area (Å²) in [6.45, 7) is 4.86. The molecule has 1 aromatic heterocycles. The predicted octanol–water partition coefficient (Wildman–Crippen LogP) is 1.27. The average molecular weight is 416 g/mol. The van der Waals surface area contributed by atoms with E-state index in [1.54, 1.807) is 26.1 Å². The van der Waals surface area contributed by atoms with E-state index in [-0.39, 0.29) is 30.3 Å². The molecule has 2 aromatic rings. The Morgan fingerprint density at radius 1 is 1.20 bits per heavy atom. The number of rotatable bonds is 7. The Kier molecular flexibility index (Phi) is 6.62. The lowest BCUT2D eigenvalue weighted by Gasteiger charge is -2.35. The van der Waals surface area contributed by atoms with E-state index in [2.05, 4.69) is 15.3 Å². The smallest absolute Gasteiger partial charge is 0.343 e. The maximum absolute atomic E-state index is 12.5. The Labute approximate surface area is 173 Å². The number of nitro groups is 1. The second-order valence-corrected chi connectivity index (χ2v) is 6.84. The van der Waals surface area contributed by atoms with Gasteiger partial charge in [0.2, 0.25) is 5.91 Å². The maximum Gasteiger partial charge on any atom is 0.343 e. The predicted molar refractivity (Wildman–Crippen MR) is 110 cm³/mol. The van der Waals surface area contributed by atoms with Crippen LogP contribution in [0, 0.1) is 10.1 Å². The molecule has 0 saturated carbocycles. The number of nitrogens with zero attached hydrogens (tertiary/aromatic N) is 5. The van der Waals surface area contributed by atoms with Crippen LogP contribution in [-0.2, 0) is 16.6 Å². The van der Waals surface area contributed by atoms with Gasteiger partial charge in [0.1, 0.15) is 11.4 Å². The molecule has 3 rings (SSSR count). The first-order chi connectivity index (χ1) is 14.4. The summed E-state index contributed by atoms with van der Waals surface area (Å²) >= 11 is 0. The summed E-state index contributed by atoms with van der Waals surface area (Å²) in [7, 11) is 1.64. The standard InChI is InChI=1S/C19H24N6O5/c1-3-30-19(27)16-12-20-22(2)18(16)21-17(26)13-23-8-10-24(11-9-23)14-4-6-15(7-5-14)25(28)29/h4-7,12H,3,8-11,13H2,1-2H3,(H,21,26). The second kappa shape index (κ2) is 9.35. The third-order valence-electron chi connectivity index (χ3n) is 4.86. The van der Waals surface area contributed by atoms with Gasteiger partial charge >= 0.3 is 5.97 Å². The summed E-state index contributed by atoms with van der Waals surface area (Å²) in [5, 5.41) is 17.5. The molecule has 0 unspecified atom stereocenters. The van der Waals surface area contributed by atoms with Crippen molar-refractivity contribution in [3.05, 3.63) is 46.1 Å². The fourth-order valence-electron chi connectivity index (χ4n) is 3.27. The number of aryl methyl sites for hydroxylation is 1. The number of carbonyl (C=O) groups excluding carboxylic acids is 2. The van der Waals surface area contributed by atoms with E-state index >= 15 is 0 Å². The third-order valence-corrected chi connectivity index (χ3v) is 4.86. The highest BCUT2D eigenvalue weighted by molar-refractivity contribution is 6.00.